The number of aromatic nitrogens is 4. The van der Waals surface area contributed by atoms with Crippen LogP contribution in [0.25, 0.3) is 5.70 Å². The van der Waals surface area contributed by atoms with Crippen LogP contribution in [0.15, 0.2) is 21.4 Å². The van der Waals surface area contributed by atoms with Crippen molar-refractivity contribution in [3.05, 3.63) is 24.7 Å². The van der Waals surface area contributed by atoms with E-state index in [-0.39, 0.29) is 5.89 Å². The summed E-state index contributed by atoms with van der Waals surface area (Å²) >= 11 is 0. The molecule has 2 aromatic rings. The van der Waals surface area contributed by atoms with Crippen LogP contribution in [-0.4, -0.2) is 20.6 Å². The standard InChI is InChI=1S/C6H3N6O3/c1-4(6-10-7-3-13-6)12(15-8-1)5-2-14-11-9-5/h1-2,8H. The molecule has 75 valence electrons. The molecule has 1 aliphatic rings. The fourth-order valence-corrected chi connectivity index (χ4v) is 1.06. The van der Waals surface area contributed by atoms with Crippen molar-refractivity contribution in [2.75, 3.05) is 5.06 Å². The first kappa shape index (κ1) is 7.94. The lowest BCUT2D eigenvalue weighted by atomic mass is 10.4. The van der Waals surface area contributed by atoms with E-state index in [0.29, 0.717) is 11.5 Å². The Balaban J connectivity index is 1.96. The van der Waals surface area contributed by atoms with Crippen LogP contribution >= 0.6 is 0 Å². The molecule has 0 fully saturated rings. The molecule has 0 spiro atoms. The van der Waals surface area contributed by atoms with Crippen LogP contribution < -0.4 is 10.5 Å². The molecule has 15 heavy (non-hydrogen) atoms. The summed E-state index contributed by atoms with van der Waals surface area (Å²) in [5.74, 6) is 0.590. The maximum absolute atomic E-state index is 5.02. The smallest absolute Gasteiger partial charge is 0.306 e. The van der Waals surface area contributed by atoms with Gasteiger partial charge in [0.05, 0.1) is 6.20 Å². The zero-order valence-corrected chi connectivity index (χ0v) is 7.12. The maximum Gasteiger partial charge on any atom is 0.306 e. The molecule has 1 radical (unpaired) electrons. The van der Waals surface area contributed by atoms with Gasteiger partial charge >= 0.3 is 6.39 Å². The summed E-state index contributed by atoms with van der Waals surface area (Å²) < 4.78 is 9.47. The molecule has 9 nitrogen and oxygen atoms in total. The molecule has 0 unspecified atom stereocenters. The van der Waals surface area contributed by atoms with Crippen LogP contribution in [0.3, 0.4) is 0 Å². The molecule has 0 amide bonds. The summed E-state index contributed by atoms with van der Waals surface area (Å²) in [4.78, 5) is 5.02. The van der Waals surface area contributed by atoms with Gasteiger partial charge in [0.2, 0.25) is 5.82 Å². The third-order valence-electron chi connectivity index (χ3n) is 1.66. The van der Waals surface area contributed by atoms with E-state index >= 15 is 0 Å². The fraction of sp³-hybridized carbons (Fsp3) is 0. The number of hydroxylamine groups is 2. The molecule has 2 aromatic heterocycles. The average molecular weight is 207 g/mol. The van der Waals surface area contributed by atoms with E-state index in [1.165, 1.54) is 17.5 Å². The van der Waals surface area contributed by atoms with E-state index in [1.807, 2.05) is 0 Å². The van der Waals surface area contributed by atoms with Crippen molar-refractivity contribution in [2.24, 2.45) is 0 Å². The Morgan fingerprint density at radius 1 is 1.40 bits per heavy atom. The predicted molar refractivity (Wildman–Crippen MR) is 42.1 cm³/mol. The molecule has 0 saturated carbocycles. The zero-order valence-electron chi connectivity index (χ0n) is 7.12. The summed E-state index contributed by atoms with van der Waals surface area (Å²) in [6, 6.07) is 0. The Hall–Kier alpha value is -2.42. The number of nitrogens with zero attached hydrogens (tertiary/aromatic N) is 5. The molecule has 0 aromatic carbocycles. The van der Waals surface area contributed by atoms with Crippen LogP contribution in [0.5, 0.6) is 0 Å². The Bertz CT molecular complexity index is 463. The van der Waals surface area contributed by atoms with Gasteiger partial charge in [0.15, 0.2) is 12.0 Å². The fourth-order valence-electron chi connectivity index (χ4n) is 1.06. The number of nitrogens with one attached hydrogen (secondary N) is 1. The van der Waals surface area contributed by atoms with E-state index in [1.54, 1.807) is 0 Å². The molecule has 1 aliphatic heterocycles. The molecule has 9 heteroatoms. The van der Waals surface area contributed by atoms with Crippen molar-refractivity contribution in [1.29, 1.82) is 0 Å². The van der Waals surface area contributed by atoms with Gasteiger partial charge in [-0.2, -0.15) is 5.06 Å². The average Bonchev–Trinajstić information content (AvgIpc) is 3.01. The summed E-state index contributed by atoms with van der Waals surface area (Å²) in [5.41, 5.74) is 3.00. The van der Waals surface area contributed by atoms with Gasteiger partial charge in [-0.15, -0.1) is 15.1 Å². The van der Waals surface area contributed by atoms with E-state index in [4.69, 9.17) is 9.36 Å². The number of rotatable bonds is 2. The first-order valence-electron chi connectivity index (χ1n) is 3.85. The van der Waals surface area contributed by atoms with E-state index < -0.39 is 0 Å². The van der Waals surface area contributed by atoms with Crippen LogP contribution in [0.2, 0.25) is 0 Å². The summed E-state index contributed by atoms with van der Waals surface area (Å²) in [5, 5.41) is 15.4. The highest BCUT2D eigenvalue weighted by atomic mass is 16.8. The van der Waals surface area contributed by atoms with Crippen molar-refractivity contribution < 1.29 is 13.9 Å². The third-order valence-corrected chi connectivity index (χ3v) is 1.66. The Morgan fingerprint density at radius 3 is 3.13 bits per heavy atom. The SMILES string of the molecule is [c]1nnc(C2=CNON2c2conn2)o1. The molecule has 0 bridgehead atoms. The first-order valence-corrected chi connectivity index (χ1v) is 3.85. The molecule has 3 rings (SSSR count). The summed E-state index contributed by atoms with van der Waals surface area (Å²) in [6.07, 6.45) is 5.06. The van der Waals surface area contributed by atoms with Crippen molar-refractivity contribution in [2.45, 2.75) is 0 Å². The van der Waals surface area contributed by atoms with Crippen LogP contribution in [0.4, 0.5) is 5.82 Å². The molecule has 0 atom stereocenters. The molecule has 1 N–H and O–H groups in total. The highest BCUT2D eigenvalue weighted by Gasteiger charge is 2.26. The van der Waals surface area contributed by atoms with Crippen molar-refractivity contribution in [3.63, 3.8) is 0 Å². The Kier molecular flexibility index (Phi) is 1.62. The largest absolute Gasteiger partial charge is 0.411 e. The van der Waals surface area contributed by atoms with Crippen molar-refractivity contribution in [1.82, 2.24) is 26.0 Å². The van der Waals surface area contributed by atoms with E-state index in [2.05, 4.69) is 37.0 Å². The Labute approximate surface area is 82.2 Å². The third kappa shape index (κ3) is 1.21. The zero-order chi connectivity index (χ0) is 10.1. The minimum absolute atomic E-state index is 0.239. The van der Waals surface area contributed by atoms with Crippen molar-refractivity contribution in [3.8, 4) is 0 Å². The maximum atomic E-state index is 5.02. The predicted octanol–water partition coefficient (Wildman–Crippen LogP) is -0.492. The van der Waals surface area contributed by atoms with Gasteiger partial charge in [0, 0.05) is 5.27 Å². The molecule has 0 aliphatic carbocycles. The van der Waals surface area contributed by atoms with Gasteiger partial charge in [0.25, 0.3) is 5.89 Å². The van der Waals surface area contributed by atoms with Gasteiger partial charge in [-0.1, -0.05) is 5.10 Å². The van der Waals surface area contributed by atoms with Crippen molar-refractivity contribution >= 4 is 11.5 Å². The number of hydrogen-bond acceptors (Lipinski definition) is 9. The van der Waals surface area contributed by atoms with E-state index in [9.17, 15) is 0 Å². The lowest BCUT2D eigenvalue weighted by Gasteiger charge is -2.11. The number of anilines is 1. The normalized spacial score (nSPS) is 15.2. The van der Waals surface area contributed by atoms with Gasteiger partial charge in [-0.25, -0.2) is 5.48 Å². The molecular formula is C6H3N6O3. The monoisotopic (exact) mass is 207 g/mol. The second-order valence-corrected chi connectivity index (χ2v) is 2.49. The van der Waals surface area contributed by atoms with Gasteiger partial charge in [0.1, 0.15) is 0 Å². The second-order valence-electron chi connectivity index (χ2n) is 2.49. The molecule has 3 heterocycles. The van der Waals surface area contributed by atoms with Gasteiger partial charge in [-0.05, 0) is 0 Å². The highest BCUT2D eigenvalue weighted by molar-refractivity contribution is 5.71. The van der Waals surface area contributed by atoms with Gasteiger partial charge in [-0.3, -0.25) is 0 Å². The Morgan fingerprint density at radius 2 is 2.40 bits per heavy atom. The number of hydrogen-bond donors (Lipinski definition) is 1. The van der Waals surface area contributed by atoms with Crippen LogP contribution in [-0.2, 0) is 4.94 Å². The first-order chi connectivity index (χ1) is 7.45. The lowest BCUT2D eigenvalue weighted by molar-refractivity contribution is 0.0896. The second kappa shape index (κ2) is 3.06. The highest BCUT2D eigenvalue weighted by Crippen LogP contribution is 2.25. The minimum Gasteiger partial charge on any atom is -0.411 e. The van der Waals surface area contributed by atoms with Crippen LogP contribution in [0.1, 0.15) is 5.89 Å². The summed E-state index contributed by atoms with van der Waals surface area (Å²) in [6.45, 7) is 0. The topological polar surface area (TPSA) is 102 Å². The molecular weight excluding hydrogens is 204 g/mol. The minimum atomic E-state index is 0.239. The van der Waals surface area contributed by atoms with E-state index in [0.717, 1.165) is 0 Å². The van der Waals surface area contributed by atoms with Gasteiger partial charge < -0.3 is 8.94 Å². The summed E-state index contributed by atoms with van der Waals surface area (Å²) in [7, 11) is 0. The van der Waals surface area contributed by atoms with Crippen LogP contribution in [0, 0.1) is 6.39 Å². The lowest BCUT2D eigenvalue weighted by Crippen LogP contribution is -2.20. The quantitative estimate of drug-likeness (QED) is 0.698. The molecule has 0 saturated heterocycles.